The molecule has 3 unspecified atom stereocenters. The van der Waals surface area contributed by atoms with Crippen molar-refractivity contribution < 1.29 is 19.0 Å². The second kappa shape index (κ2) is 9.86. The third kappa shape index (κ3) is 4.16. The van der Waals surface area contributed by atoms with Crippen LogP contribution in [0.4, 0.5) is 0 Å². The van der Waals surface area contributed by atoms with Gasteiger partial charge in [0, 0.05) is 29.4 Å². The van der Waals surface area contributed by atoms with E-state index in [0.717, 1.165) is 30.5 Å². The molecule has 2 heterocycles. The highest BCUT2D eigenvalue weighted by atomic mass is 16.5. The average molecular weight is 526 g/mol. The number of piperidine rings is 1. The zero-order chi connectivity index (χ0) is 27.1. The first kappa shape index (κ1) is 25.1. The molecule has 1 aromatic heterocycles. The van der Waals surface area contributed by atoms with Crippen molar-refractivity contribution in [2.45, 2.75) is 43.9 Å². The molecule has 1 aliphatic heterocycles. The molecule has 39 heavy (non-hydrogen) atoms. The number of likely N-dealkylation sites (N-methyl/N-ethyl adjacent to an activating group) is 1. The molecule has 3 aromatic rings. The predicted octanol–water partition coefficient (Wildman–Crippen LogP) is 3.40. The highest BCUT2D eigenvalue weighted by molar-refractivity contribution is 5.96. The van der Waals surface area contributed by atoms with Crippen LogP contribution in [0.5, 0.6) is 11.5 Å². The molecule has 9 heteroatoms. The SMILES string of the molecule is COC1=CC2C3Cc4ccc(OC)c(OCc5cn(Cc6ccccc6C#N)nn5)c4C2(CCN3C)CC1=O. The smallest absolute Gasteiger partial charge is 0.197 e. The minimum atomic E-state index is -0.383. The first-order chi connectivity index (χ1) is 19.0. The number of aromatic nitrogens is 3. The molecule has 0 N–H and O–H groups in total. The molecule has 3 atom stereocenters. The van der Waals surface area contributed by atoms with Crippen LogP contribution in [-0.2, 0) is 34.5 Å². The van der Waals surface area contributed by atoms with Crippen molar-refractivity contribution in [3.05, 3.63) is 82.4 Å². The molecule has 9 nitrogen and oxygen atoms in total. The van der Waals surface area contributed by atoms with E-state index in [2.05, 4.69) is 34.4 Å². The molecule has 2 bridgehead atoms. The van der Waals surface area contributed by atoms with Gasteiger partial charge in [0.2, 0.25) is 0 Å². The lowest BCUT2D eigenvalue weighted by atomic mass is 9.53. The summed E-state index contributed by atoms with van der Waals surface area (Å²) in [6.07, 6.45) is 5.96. The Morgan fingerprint density at radius 1 is 1.18 bits per heavy atom. The molecule has 3 aliphatic rings. The number of ether oxygens (including phenoxy) is 3. The van der Waals surface area contributed by atoms with Gasteiger partial charge < -0.3 is 19.1 Å². The maximum absolute atomic E-state index is 13.2. The molecule has 2 aliphatic carbocycles. The number of Topliss-reactive ketones (excluding diaryl/α,β-unsaturated/α-hetero) is 1. The Labute approximate surface area is 227 Å². The molecular formula is C30H31N5O4. The quantitative estimate of drug-likeness (QED) is 0.463. The van der Waals surface area contributed by atoms with Gasteiger partial charge in [-0.1, -0.05) is 29.5 Å². The van der Waals surface area contributed by atoms with Gasteiger partial charge in [-0.2, -0.15) is 5.26 Å². The van der Waals surface area contributed by atoms with Crippen LogP contribution < -0.4 is 9.47 Å². The number of fused-ring (bicyclic) bond motifs is 1. The summed E-state index contributed by atoms with van der Waals surface area (Å²) in [7, 11) is 5.37. The van der Waals surface area contributed by atoms with E-state index < -0.39 is 0 Å². The minimum absolute atomic E-state index is 0.0271. The lowest BCUT2D eigenvalue weighted by Gasteiger charge is -2.56. The Morgan fingerprint density at radius 3 is 2.82 bits per heavy atom. The molecule has 1 fully saturated rings. The summed E-state index contributed by atoms with van der Waals surface area (Å²) in [4.78, 5) is 15.6. The number of rotatable bonds is 7. The van der Waals surface area contributed by atoms with Crippen molar-refractivity contribution in [3.8, 4) is 17.6 Å². The number of nitriles is 1. The Bertz CT molecular complexity index is 1510. The summed E-state index contributed by atoms with van der Waals surface area (Å²) in [6, 6.07) is 14.0. The van der Waals surface area contributed by atoms with E-state index in [-0.39, 0.29) is 29.8 Å². The normalized spacial score (nSPS) is 23.7. The van der Waals surface area contributed by atoms with E-state index in [1.165, 1.54) is 5.56 Å². The number of nitrogens with zero attached hydrogens (tertiary/aromatic N) is 5. The van der Waals surface area contributed by atoms with E-state index >= 15 is 0 Å². The second-order valence-corrected chi connectivity index (χ2v) is 10.6. The Hall–Kier alpha value is -4.16. The number of carbonyl (C=O) groups is 1. The van der Waals surface area contributed by atoms with E-state index in [0.29, 0.717) is 41.5 Å². The summed E-state index contributed by atoms with van der Waals surface area (Å²) < 4.78 is 19.5. The average Bonchev–Trinajstić information content (AvgIpc) is 3.40. The van der Waals surface area contributed by atoms with Gasteiger partial charge in [0.05, 0.1) is 38.6 Å². The van der Waals surface area contributed by atoms with E-state index in [1.807, 2.05) is 36.5 Å². The van der Waals surface area contributed by atoms with Crippen LogP contribution >= 0.6 is 0 Å². The van der Waals surface area contributed by atoms with E-state index in [1.54, 1.807) is 25.0 Å². The maximum atomic E-state index is 13.2. The Kier molecular flexibility index (Phi) is 6.35. The number of ketones is 1. The molecule has 0 amide bonds. The van der Waals surface area contributed by atoms with Crippen molar-refractivity contribution in [2.75, 3.05) is 27.8 Å². The number of allylic oxidation sites excluding steroid dienone is 1. The third-order valence-electron chi connectivity index (χ3n) is 8.61. The van der Waals surface area contributed by atoms with Crippen LogP contribution in [0.15, 0.2) is 54.4 Å². The molecule has 0 spiro atoms. The van der Waals surface area contributed by atoms with Crippen LogP contribution in [0.2, 0.25) is 0 Å². The van der Waals surface area contributed by atoms with Crippen LogP contribution in [0.3, 0.4) is 0 Å². The predicted molar refractivity (Wildman–Crippen MR) is 142 cm³/mol. The fourth-order valence-corrected chi connectivity index (χ4v) is 6.72. The van der Waals surface area contributed by atoms with Gasteiger partial charge in [0.15, 0.2) is 23.0 Å². The van der Waals surface area contributed by atoms with Crippen molar-refractivity contribution in [3.63, 3.8) is 0 Å². The van der Waals surface area contributed by atoms with Crippen LogP contribution in [0, 0.1) is 17.2 Å². The Morgan fingerprint density at radius 2 is 2.03 bits per heavy atom. The number of methoxy groups -OCH3 is 2. The van der Waals surface area contributed by atoms with Gasteiger partial charge in [-0.15, -0.1) is 5.10 Å². The first-order valence-electron chi connectivity index (χ1n) is 13.2. The van der Waals surface area contributed by atoms with Crippen molar-refractivity contribution in [1.82, 2.24) is 19.9 Å². The summed E-state index contributed by atoms with van der Waals surface area (Å²) in [5.74, 6) is 1.93. The van der Waals surface area contributed by atoms with E-state index in [9.17, 15) is 10.1 Å². The summed E-state index contributed by atoms with van der Waals surface area (Å²) in [5, 5.41) is 18.0. The molecule has 6 rings (SSSR count). The number of hydrogen-bond donors (Lipinski definition) is 0. The molecule has 2 aromatic carbocycles. The molecule has 1 saturated heterocycles. The van der Waals surface area contributed by atoms with Crippen molar-refractivity contribution in [2.24, 2.45) is 5.92 Å². The number of hydrogen-bond acceptors (Lipinski definition) is 8. The molecule has 0 saturated carbocycles. The standard InChI is InChI=1S/C30H31N5O4/c1-34-11-10-30-14-25(36)27(38-3)13-23(30)24(34)12-19-8-9-26(37-2)29(28(19)30)39-18-22-17-35(33-32-22)16-21-7-5-4-6-20(21)15-31/h4-9,13,17,23-24H,10-12,14,16,18H2,1-3H3. The van der Waals surface area contributed by atoms with Crippen LogP contribution in [-0.4, -0.2) is 59.5 Å². The van der Waals surface area contributed by atoms with E-state index in [4.69, 9.17) is 14.2 Å². The number of likely N-dealkylation sites (tertiary alicyclic amines) is 1. The molecular weight excluding hydrogens is 494 g/mol. The summed E-state index contributed by atoms with van der Waals surface area (Å²) in [6.45, 7) is 1.54. The summed E-state index contributed by atoms with van der Waals surface area (Å²) >= 11 is 0. The van der Waals surface area contributed by atoms with Crippen molar-refractivity contribution in [1.29, 1.82) is 5.26 Å². The fourth-order valence-electron chi connectivity index (χ4n) is 6.72. The van der Waals surface area contributed by atoms with Gasteiger partial charge in [0.25, 0.3) is 0 Å². The minimum Gasteiger partial charge on any atom is -0.493 e. The zero-order valence-corrected chi connectivity index (χ0v) is 22.4. The number of benzene rings is 2. The first-order valence-corrected chi connectivity index (χ1v) is 13.2. The van der Waals surface area contributed by atoms with Crippen LogP contribution in [0.25, 0.3) is 0 Å². The fraction of sp³-hybridized carbons (Fsp3) is 0.400. The topological polar surface area (TPSA) is 102 Å². The Balaban J connectivity index is 1.34. The van der Waals surface area contributed by atoms with Gasteiger partial charge in [-0.05, 0) is 55.8 Å². The lowest BCUT2D eigenvalue weighted by Crippen LogP contribution is -2.60. The van der Waals surface area contributed by atoms with Crippen LogP contribution in [0.1, 0.15) is 40.8 Å². The van der Waals surface area contributed by atoms with Gasteiger partial charge >= 0.3 is 0 Å². The highest BCUT2D eigenvalue weighted by Gasteiger charge is 2.56. The zero-order valence-electron chi connectivity index (χ0n) is 22.4. The third-order valence-corrected chi connectivity index (χ3v) is 8.61. The summed E-state index contributed by atoms with van der Waals surface area (Å²) in [5.41, 5.74) is 4.04. The second-order valence-electron chi connectivity index (χ2n) is 10.6. The molecule has 0 radical (unpaired) electrons. The highest BCUT2D eigenvalue weighted by Crippen LogP contribution is 2.58. The van der Waals surface area contributed by atoms with Gasteiger partial charge in [0.1, 0.15) is 12.3 Å². The van der Waals surface area contributed by atoms with Gasteiger partial charge in [-0.25, -0.2) is 4.68 Å². The van der Waals surface area contributed by atoms with Crippen molar-refractivity contribution >= 4 is 5.78 Å². The monoisotopic (exact) mass is 525 g/mol. The number of carbonyl (C=O) groups excluding carboxylic acids is 1. The molecule has 200 valence electrons. The maximum Gasteiger partial charge on any atom is 0.197 e. The lowest BCUT2D eigenvalue weighted by molar-refractivity contribution is -0.122. The van der Waals surface area contributed by atoms with Gasteiger partial charge in [-0.3, -0.25) is 4.79 Å². The largest absolute Gasteiger partial charge is 0.493 e.